The Kier molecular flexibility index (Phi) is 6.88. The van der Waals surface area contributed by atoms with Crippen molar-refractivity contribution in [3.8, 4) is 0 Å². The Morgan fingerprint density at radius 3 is 2.80 bits per heavy atom. The molecule has 2 aliphatic carbocycles. The van der Waals surface area contributed by atoms with E-state index in [1.165, 1.54) is 17.8 Å². The third-order valence-electron chi connectivity index (χ3n) is 7.80. The van der Waals surface area contributed by atoms with Crippen LogP contribution in [0.4, 0.5) is 13.6 Å². The highest BCUT2D eigenvalue weighted by Gasteiger charge is 2.44. The van der Waals surface area contributed by atoms with E-state index in [1.54, 1.807) is 12.3 Å². The van der Waals surface area contributed by atoms with Gasteiger partial charge in [0.2, 0.25) is 0 Å². The van der Waals surface area contributed by atoms with Gasteiger partial charge in [0.15, 0.2) is 11.3 Å². The molecule has 1 aliphatic heterocycles. The molecule has 6 rings (SSSR count). The van der Waals surface area contributed by atoms with Crippen molar-refractivity contribution in [2.45, 2.75) is 75.2 Å². The number of amides is 3. The fourth-order valence-electron chi connectivity index (χ4n) is 5.13. The quantitative estimate of drug-likeness (QED) is 0.353. The molecule has 3 fully saturated rings. The van der Waals surface area contributed by atoms with Gasteiger partial charge >= 0.3 is 6.03 Å². The lowest BCUT2D eigenvalue weighted by atomic mass is 10.1. The van der Waals surface area contributed by atoms with Gasteiger partial charge in [-0.05, 0) is 50.8 Å². The maximum atomic E-state index is 14.2. The normalized spacial score (nSPS) is 21.8. The van der Waals surface area contributed by atoms with Crippen molar-refractivity contribution in [3.63, 3.8) is 0 Å². The van der Waals surface area contributed by atoms with Gasteiger partial charge in [-0.25, -0.2) is 27.7 Å². The summed E-state index contributed by atoms with van der Waals surface area (Å²) in [6.45, 7) is 2.39. The van der Waals surface area contributed by atoms with Crippen LogP contribution in [0.3, 0.4) is 0 Å². The minimum absolute atomic E-state index is 0.0217. The number of rotatable bonds is 11. The summed E-state index contributed by atoms with van der Waals surface area (Å²) in [4.78, 5) is 31.6. The number of aromatic nitrogens is 5. The summed E-state index contributed by atoms with van der Waals surface area (Å²) in [6.07, 6.45) is 6.39. The predicted molar refractivity (Wildman–Crippen MR) is 137 cm³/mol. The highest BCUT2D eigenvalue weighted by Crippen LogP contribution is 2.42. The number of hydrogen-bond donors (Lipinski definition) is 2. The zero-order valence-electron chi connectivity index (χ0n) is 23.0. The molecule has 3 aromatic heterocycles. The Labute approximate surface area is 233 Å². The number of urea groups is 1. The lowest BCUT2D eigenvalue weighted by Crippen LogP contribution is -2.58. The van der Waals surface area contributed by atoms with E-state index in [2.05, 4.69) is 26.0 Å². The van der Waals surface area contributed by atoms with E-state index >= 15 is 0 Å². The molecular formula is C26H32F2N8O5. The molecule has 15 heteroatoms. The maximum Gasteiger partial charge on any atom is 0.318 e. The van der Waals surface area contributed by atoms with Crippen LogP contribution < -0.4 is 10.6 Å². The number of alkyl halides is 2. The van der Waals surface area contributed by atoms with Gasteiger partial charge in [0.1, 0.15) is 5.69 Å². The van der Waals surface area contributed by atoms with Gasteiger partial charge in [0, 0.05) is 18.6 Å². The molecule has 3 aromatic rings. The number of ether oxygens (including phenoxy) is 2. The summed E-state index contributed by atoms with van der Waals surface area (Å²) in [5, 5.41) is 17.4. The number of halogens is 2. The first-order valence-electron chi connectivity index (χ1n) is 13.6. The number of carbonyl (C=O) groups is 2. The molecule has 1 saturated heterocycles. The number of fused-ring (bicyclic) bond motifs is 1. The highest BCUT2D eigenvalue weighted by molar-refractivity contribution is 5.93. The number of nitrogens with zero attached hydrogens (tertiary/aromatic N) is 6. The van der Waals surface area contributed by atoms with E-state index in [9.17, 15) is 18.4 Å². The third-order valence-corrected chi connectivity index (χ3v) is 7.80. The summed E-state index contributed by atoms with van der Waals surface area (Å²) in [6, 6.07) is -0.441. The van der Waals surface area contributed by atoms with E-state index in [-0.39, 0.29) is 23.8 Å². The Hall–Kier alpha value is -3.72. The van der Waals surface area contributed by atoms with Crippen LogP contribution in [0.1, 0.15) is 85.0 Å². The summed E-state index contributed by atoms with van der Waals surface area (Å²) >= 11 is 0. The maximum absolute atomic E-state index is 14.2. The molecule has 0 spiro atoms. The second-order valence-corrected chi connectivity index (χ2v) is 11.4. The summed E-state index contributed by atoms with van der Waals surface area (Å²) in [5.41, 5.74) is 1.77. The summed E-state index contributed by atoms with van der Waals surface area (Å²) in [5.74, 6) is -3.37. The smallest absolute Gasteiger partial charge is 0.318 e. The molecule has 2 N–H and O–H groups in total. The minimum atomic E-state index is -3.09. The van der Waals surface area contributed by atoms with Gasteiger partial charge in [-0.1, -0.05) is 5.16 Å². The average Bonchev–Trinajstić information content (AvgIpc) is 3.81. The van der Waals surface area contributed by atoms with Gasteiger partial charge in [-0.15, -0.1) is 0 Å². The van der Waals surface area contributed by atoms with E-state index in [1.807, 2.05) is 13.8 Å². The van der Waals surface area contributed by atoms with Crippen molar-refractivity contribution < 1.29 is 32.5 Å². The van der Waals surface area contributed by atoms with Crippen molar-refractivity contribution in [2.24, 2.45) is 0 Å². The number of methoxy groups -OCH3 is 1. The minimum Gasteiger partial charge on any atom is -0.382 e. The van der Waals surface area contributed by atoms with Crippen LogP contribution >= 0.6 is 0 Å². The number of carbonyl (C=O) groups excluding carboxylic acids is 2. The fourth-order valence-corrected chi connectivity index (χ4v) is 5.13. The monoisotopic (exact) mass is 574 g/mol. The molecule has 0 bridgehead atoms. The van der Waals surface area contributed by atoms with Gasteiger partial charge in [-0.2, -0.15) is 5.10 Å². The first kappa shape index (κ1) is 27.4. The number of hydrogen-bond acceptors (Lipinski definition) is 9. The van der Waals surface area contributed by atoms with E-state index in [0.29, 0.717) is 22.6 Å². The van der Waals surface area contributed by atoms with Crippen LogP contribution in [0.2, 0.25) is 0 Å². The molecule has 3 aliphatic rings. The second kappa shape index (κ2) is 10.3. The van der Waals surface area contributed by atoms with Crippen molar-refractivity contribution in [1.29, 1.82) is 0 Å². The van der Waals surface area contributed by atoms with E-state index < -0.39 is 49.1 Å². The Bertz CT molecular complexity index is 1450. The van der Waals surface area contributed by atoms with Crippen LogP contribution in [0, 0.1) is 0 Å². The number of imidazole rings is 1. The van der Waals surface area contributed by atoms with E-state index in [0.717, 1.165) is 30.6 Å². The molecule has 0 unspecified atom stereocenters. The molecule has 220 valence electrons. The van der Waals surface area contributed by atoms with Gasteiger partial charge < -0.3 is 25.0 Å². The zero-order chi connectivity index (χ0) is 28.9. The number of nitrogens with one attached hydrogen (secondary N) is 2. The van der Waals surface area contributed by atoms with Crippen molar-refractivity contribution in [1.82, 2.24) is 40.4 Å². The van der Waals surface area contributed by atoms with Crippen LogP contribution in [0.5, 0.6) is 0 Å². The second-order valence-electron chi connectivity index (χ2n) is 11.4. The molecule has 13 nitrogen and oxygen atoms in total. The zero-order valence-corrected chi connectivity index (χ0v) is 23.0. The fraction of sp³-hybridized carbons (Fsp3) is 0.615. The molecular weight excluding hydrogens is 542 g/mol. The topological polar surface area (TPSA) is 149 Å². The van der Waals surface area contributed by atoms with Gasteiger partial charge in [-0.3, -0.25) is 4.79 Å². The van der Waals surface area contributed by atoms with E-state index in [4.69, 9.17) is 19.1 Å². The molecule has 3 atom stereocenters. The standard InChI is InChI=1S/C26H32F2N8O5/c1-14(40-25(2)6-7-25)20(32-23(37)22-21(15-4-5-15)33-41-34-22)17-10-36-19(31-17)8-16(9-30-36)18(11-39-3)35-13-26(27,28)12-29-24(35)38/h8-10,14-15,18,20H,4-7,11-13H2,1-3H3,(H,29,38)(H,32,37)/t14-,18-,20+/m1/s1. The molecule has 0 radical (unpaired) electrons. The summed E-state index contributed by atoms with van der Waals surface area (Å²) < 4.78 is 46.3. The highest BCUT2D eigenvalue weighted by atomic mass is 19.3. The Morgan fingerprint density at radius 1 is 1.32 bits per heavy atom. The molecule has 4 heterocycles. The lowest BCUT2D eigenvalue weighted by molar-refractivity contribution is -0.0509. The third kappa shape index (κ3) is 5.73. The molecule has 41 heavy (non-hydrogen) atoms. The SMILES string of the molecule is COC[C@H](c1cnn2cc([C@@H](NC(=O)c3nonc3C3CC3)[C@@H](C)OC3(C)CC3)nc2c1)N1CC(F)(F)CNC1=O. The molecule has 3 amide bonds. The van der Waals surface area contributed by atoms with Crippen LogP contribution in [-0.4, -0.2) is 86.2 Å². The summed E-state index contributed by atoms with van der Waals surface area (Å²) in [7, 11) is 1.43. The van der Waals surface area contributed by atoms with Crippen LogP contribution in [-0.2, 0) is 9.47 Å². The van der Waals surface area contributed by atoms with Crippen molar-refractivity contribution in [2.75, 3.05) is 26.8 Å². The Balaban J connectivity index is 1.30. The van der Waals surface area contributed by atoms with Gasteiger partial charge in [0.25, 0.3) is 11.8 Å². The van der Waals surface area contributed by atoms with Crippen molar-refractivity contribution >= 4 is 17.6 Å². The lowest BCUT2D eigenvalue weighted by Gasteiger charge is -2.38. The first-order chi connectivity index (χ1) is 19.6. The first-order valence-corrected chi connectivity index (χ1v) is 13.6. The van der Waals surface area contributed by atoms with Gasteiger partial charge in [0.05, 0.1) is 61.6 Å². The van der Waals surface area contributed by atoms with Crippen LogP contribution in [0.15, 0.2) is 23.1 Å². The largest absolute Gasteiger partial charge is 0.382 e. The predicted octanol–water partition coefficient (Wildman–Crippen LogP) is 2.77. The molecule has 2 saturated carbocycles. The average molecular weight is 575 g/mol. The van der Waals surface area contributed by atoms with Crippen molar-refractivity contribution in [3.05, 3.63) is 41.1 Å². The van der Waals surface area contributed by atoms with Crippen LogP contribution in [0.25, 0.3) is 5.65 Å². The Morgan fingerprint density at radius 2 is 2.10 bits per heavy atom. The molecule has 0 aromatic carbocycles.